The number of hydrogen-bond acceptors (Lipinski definition) is 4. The molecule has 1 fully saturated rings. The molecule has 1 saturated heterocycles. The zero-order valence-corrected chi connectivity index (χ0v) is 13.9. The Labute approximate surface area is 145 Å². The van der Waals surface area contributed by atoms with E-state index in [0.717, 1.165) is 34.4 Å². The molecule has 1 unspecified atom stereocenters. The molecule has 1 aliphatic heterocycles. The van der Waals surface area contributed by atoms with E-state index in [2.05, 4.69) is 23.1 Å². The van der Waals surface area contributed by atoms with E-state index in [9.17, 15) is 4.79 Å². The highest BCUT2D eigenvalue weighted by Crippen LogP contribution is 2.31. The van der Waals surface area contributed by atoms with Crippen molar-refractivity contribution in [3.63, 3.8) is 0 Å². The molecule has 0 aliphatic carbocycles. The molecule has 0 bridgehead atoms. The van der Waals surface area contributed by atoms with Crippen LogP contribution >= 0.6 is 0 Å². The molecule has 0 saturated carbocycles. The lowest BCUT2D eigenvalue weighted by Crippen LogP contribution is -2.27. The lowest BCUT2D eigenvalue weighted by molar-refractivity contribution is -0.118. The van der Waals surface area contributed by atoms with Gasteiger partial charge in [-0.25, -0.2) is 4.52 Å². The summed E-state index contributed by atoms with van der Waals surface area (Å²) in [7, 11) is 0. The van der Waals surface area contributed by atoms with Crippen LogP contribution < -0.4 is 4.90 Å². The Bertz CT molecular complexity index is 983. The minimum atomic E-state index is -0.548. The van der Waals surface area contributed by atoms with Gasteiger partial charge in [0.1, 0.15) is 5.92 Å². The Morgan fingerprint density at radius 2 is 2.20 bits per heavy atom. The van der Waals surface area contributed by atoms with Gasteiger partial charge in [0.15, 0.2) is 0 Å². The number of anilines is 1. The predicted octanol–water partition coefficient (Wildman–Crippen LogP) is 2.84. The maximum absolute atomic E-state index is 12.4. The number of aromatic nitrogens is 3. The van der Waals surface area contributed by atoms with E-state index in [0.29, 0.717) is 13.0 Å². The summed E-state index contributed by atoms with van der Waals surface area (Å²) >= 11 is 0. The number of carbonyl (C=O) groups is 1. The van der Waals surface area contributed by atoms with Crippen LogP contribution in [-0.2, 0) is 11.2 Å². The zero-order chi connectivity index (χ0) is 17.4. The number of nitriles is 1. The number of aryl methyl sites for hydroxylation is 1. The molecule has 25 heavy (non-hydrogen) atoms. The van der Waals surface area contributed by atoms with Gasteiger partial charge in [-0.05, 0) is 31.0 Å². The first-order chi connectivity index (χ1) is 12.2. The average molecular weight is 331 g/mol. The zero-order valence-electron chi connectivity index (χ0n) is 13.9. The van der Waals surface area contributed by atoms with Crippen LogP contribution in [0, 0.1) is 17.2 Å². The fraction of sp³-hybridized carbons (Fsp3) is 0.263. The van der Waals surface area contributed by atoms with E-state index >= 15 is 0 Å². The van der Waals surface area contributed by atoms with Gasteiger partial charge in [0.25, 0.3) is 0 Å². The molecule has 4 rings (SSSR count). The standard InChI is InChI=1S/C19H17N5O/c1-2-16-4-3-14(11-21-16)15-9-18-17(5-7-22-24(18)12-15)23-8-6-13(10-20)19(23)25/h3-5,7,9,11-13H,2,6,8H2,1H3. The summed E-state index contributed by atoms with van der Waals surface area (Å²) in [5.74, 6) is -0.680. The number of carbonyl (C=O) groups excluding carboxylic acids is 1. The first kappa shape index (κ1) is 15.3. The third-order valence-electron chi connectivity index (χ3n) is 4.66. The van der Waals surface area contributed by atoms with Crippen molar-refractivity contribution in [1.29, 1.82) is 5.26 Å². The number of fused-ring (bicyclic) bond motifs is 1. The first-order valence-corrected chi connectivity index (χ1v) is 8.35. The third-order valence-corrected chi connectivity index (χ3v) is 4.66. The van der Waals surface area contributed by atoms with Gasteiger partial charge in [0, 0.05) is 42.0 Å². The molecule has 1 amide bonds. The smallest absolute Gasteiger partial charge is 0.244 e. The molecule has 0 aromatic carbocycles. The summed E-state index contributed by atoms with van der Waals surface area (Å²) in [5.41, 5.74) is 4.71. The lowest BCUT2D eigenvalue weighted by atomic mass is 10.1. The second-order valence-corrected chi connectivity index (χ2v) is 6.13. The van der Waals surface area contributed by atoms with Crippen LogP contribution in [0.25, 0.3) is 16.6 Å². The summed E-state index contributed by atoms with van der Waals surface area (Å²) < 4.78 is 1.77. The van der Waals surface area contributed by atoms with Gasteiger partial charge in [-0.1, -0.05) is 13.0 Å². The van der Waals surface area contributed by atoms with E-state index in [4.69, 9.17) is 5.26 Å². The fourth-order valence-electron chi connectivity index (χ4n) is 3.23. The summed E-state index contributed by atoms with van der Waals surface area (Å²) in [6.45, 7) is 2.64. The highest BCUT2D eigenvalue weighted by atomic mass is 16.2. The molecule has 0 N–H and O–H groups in total. The highest BCUT2D eigenvalue weighted by Gasteiger charge is 2.33. The molecule has 4 heterocycles. The molecule has 0 radical (unpaired) electrons. The minimum Gasteiger partial charge on any atom is -0.309 e. The van der Waals surface area contributed by atoms with Gasteiger partial charge in [-0.3, -0.25) is 9.78 Å². The number of pyridine rings is 1. The fourth-order valence-corrected chi connectivity index (χ4v) is 3.23. The Kier molecular flexibility index (Phi) is 3.69. The van der Waals surface area contributed by atoms with E-state index in [1.807, 2.05) is 36.7 Å². The van der Waals surface area contributed by atoms with Crippen LogP contribution in [0.5, 0.6) is 0 Å². The van der Waals surface area contributed by atoms with Crippen molar-refractivity contribution in [3.8, 4) is 17.2 Å². The van der Waals surface area contributed by atoms with Crippen molar-refractivity contribution in [1.82, 2.24) is 14.6 Å². The number of hydrogen-bond donors (Lipinski definition) is 0. The van der Waals surface area contributed by atoms with Gasteiger partial charge < -0.3 is 4.90 Å². The van der Waals surface area contributed by atoms with Crippen LogP contribution in [-0.4, -0.2) is 27.0 Å². The SMILES string of the molecule is CCc1ccc(-c2cc3c(N4CCC(C#N)C4=O)ccnn3c2)cn1. The number of amides is 1. The van der Waals surface area contributed by atoms with Crippen molar-refractivity contribution < 1.29 is 4.79 Å². The lowest BCUT2D eigenvalue weighted by Gasteiger charge is -2.16. The van der Waals surface area contributed by atoms with Crippen molar-refractivity contribution in [2.24, 2.45) is 5.92 Å². The number of nitrogens with zero attached hydrogens (tertiary/aromatic N) is 5. The van der Waals surface area contributed by atoms with Crippen LogP contribution in [0.15, 0.2) is 42.9 Å². The second-order valence-electron chi connectivity index (χ2n) is 6.13. The predicted molar refractivity (Wildman–Crippen MR) is 93.9 cm³/mol. The average Bonchev–Trinajstić information content (AvgIpc) is 3.25. The van der Waals surface area contributed by atoms with Crippen LogP contribution in [0.3, 0.4) is 0 Å². The molecule has 1 aliphatic rings. The summed E-state index contributed by atoms with van der Waals surface area (Å²) in [6.07, 6.45) is 6.95. The molecular formula is C19H17N5O. The van der Waals surface area contributed by atoms with Gasteiger partial charge in [-0.15, -0.1) is 0 Å². The van der Waals surface area contributed by atoms with Crippen molar-refractivity contribution >= 4 is 17.1 Å². The molecule has 6 heteroatoms. The van der Waals surface area contributed by atoms with Gasteiger partial charge in [0.05, 0.1) is 17.3 Å². The number of rotatable bonds is 3. The largest absolute Gasteiger partial charge is 0.309 e. The van der Waals surface area contributed by atoms with Crippen LogP contribution in [0.4, 0.5) is 5.69 Å². The van der Waals surface area contributed by atoms with Crippen LogP contribution in [0.2, 0.25) is 0 Å². The summed E-state index contributed by atoms with van der Waals surface area (Å²) in [4.78, 5) is 18.5. The van der Waals surface area contributed by atoms with E-state index in [1.54, 1.807) is 15.6 Å². The third kappa shape index (κ3) is 2.54. The van der Waals surface area contributed by atoms with E-state index < -0.39 is 5.92 Å². The van der Waals surface area contributed by atoms with Crippen molar-refractivity contribution in [3.05, 3.63) is 48.5 Å². The quantitative estimate of drug-likeness (QED) is 0.739. The Morgan fingerprint density at radius 1 is 1.32 bits per heavy atom. The topological polar surface area (TPSA) is 74.3 Å². The van der Waals surface area contributed by atoms with E-state index in [1.165, 1.54) is 0 Å². The summed E-state index contributed by atoms with van der Waals surface area (Å²) in [6, 6.07) is 9.99. The molecule has 1 atom stereocenters. The monoisotopic (exact) mass is 331 g/mol. The van der Waals surface area contributed by atoms with Gasteiger partial charge >= 0.3 is 0 Å². The minimum absolute atomic E-state index is 0.132. The maximum Gasteiger partial charge on any atom is 0.244 e. The normalized spacial score (nSPS) is 17.2. The van der Waals surface area contributed by atoms with Gasteiger partial charge in [-0.2, -0.15) is 10.4 Å². The Balaban J connectivity index is 1.76. The van der Waals surface area contributed by atoms with Gasteiger partial charge in [0.2, 0.25) is 5.91 Å². The molecule has 6 nitrogen and oxygen atoms in total. The van der Waals surface area contributed by atoms with E-state index in [-0.39, 0.29) is 5.91 Å². The molecule has 3 aromatic rings. The Morgan fingerprint density at radius 3 is 2.88 bits per heavy atom. The summed E-state index contributed by atoms with van der Waals surface area (Å²) in [5, 5.41) is 13.4. The van der Waals surface area contributed by atoms with Crippen LogP contribution in [0.1, 0.15) is 19.0 Å². The van der Waals surface area contributed by atoms with Crippen molar-refractivity contribution in [2.45, 2.75) is 19.8 Å². The highest BCUT2D eigenvalue weighted by molar-refractivity contribution is 6.02. The Hall–Kier alpha value is -3.20. The van der Waals surface area contributed by atoms with Crippen molar-refractivity contribution in [2.75, 3.05) is 11.4 Å². The second kappa shape index (κ2) is 6.02. The molecule has 124 valence electrons. The maximum atomic E-state index is 12.4. The molecular weight excluding hydrogens is 314 g/mol. The first-order valence-electron chi connectivity index (χ1n) is 8.35. The molecule has 3 aromatic heterocycles. The molecule has 0 spiro atoms.